The summed E-state index contributed by atoms with van der Waals surface area (Å²) < 4.78 is 0.569. The summed E-state index contributed by atoms with van der Waals surface area (Å²) in [6.07, 6.45) is 1.32. The zero-order chi connectivity index (χ0) is 7.56. The summed E-state index contributed by atoms with van der Waals surface area (Å²) in [4.78, 5) is 7.48. The van der Waals surface area contributed by atoms with Crippen LogP contribution in [0.5, 0.6) is 0 Å². The number of halogens is 3. The normalized spacial score (nSPS) is 8.64. The fourth-order valence-electron chi connectivity index (χ4n) is 0.449. The first kappa shape index (κ1) is 10.9. The van der Waals surface area contributed by atoms with E-state index in [1.165, 1.54) is 6.33 Å². The second kappa shape index (κ2) is 4.71. The second-order valence-corrected chi connectivity index (χ2v) is 2.62. The smallest absolute Gasteiger partial charge is 0.159 e. The highest BCUT2D eigenvalue weighted by molar-refractivity contribution is 9.10. The van der Waals surface area contributed by atoms with E-state index in [0.717, 1.165) is 0 Å². The molecule has 3 N–H and O–H groups in total. The van der Waals surface area contributed by atoms with Crippen LogP contribution in [0.2, 0.25) is 5.15 Å². The Kier molecular flexibility index (Phi) is 4.67. The Hall–Kier alpha value is -0.100. The van der Waals surface area contributed by atoms with Gasteiger partial charge in [0.25, 0.3) is 0 Å². The molecule has 0 unspecified atom stereocenters. The number of aromatic nitrogens is 2. The van der Waals surface area contributed by atoms with Crippen molar-refractivity contribution in [3.63, 3.8) is 0 Å². The third kappa shape index (κ3) is 2.44. The van der Waals surface area contributed by atoms with Crippen LogP contribution in [-0.4, -0.2) is 9.97 Å². The van der Waals surface area contributed by atoms with E-state index in [2.05, 4.69) is 31.3 Å². The van der Waals surface area contributed by atoms with Crippen LogP contribution in [0, 0.1) is 0 Å². The van der Waals surface area contributed by atoms with Gasteiger partial charge in [-0.2, -0.15) is 0 Å². The van der Waals surface area contributed by atoms with Gasteiger partial charge in [-0.15, -0.1) is 12.4 Å². The lowest BCUT2D eigenvalue weighted by Crippen LogP contribution is -2.09. The monoisotopic (exact) mass is 258 g/mol. The summed E-state index contributed by atoms with van der Waals surface area (Å²) in [5.74, 6) is 5.56. The van der Waals surface area contributed by atoms with Gasteiger partial charge in [0.15, 0.2) is 5.82 Å². The van der Waals surface area contributed by atoms with Gasteiger partial charge in [-0.25, -0.2) is 15.8 Å². The molecule has 0 atom stereocenters. The van der Waals surface area contributed by atoms with Crippen molar-refractivity contribution in [1.29, 1.82) is 0 Å². The van der Waals surface area contributed by atoms with E-state index in [1.54, 1.807) is 0 Å². The molecule has 0 aliphatic rings. The quantitative estimate of drug-likeness (QED) is 0.457. The number of hydrogen-bond donors (Lipinski definition) is 2. The van der Waals surface area contributed by atoms with Gasteiger partial charge in [-0.1, -0.05) is 11.6 Å². The number of nitrogen functional groups attached to an aromatic ring is 1. The van der Waals surface area contributed by atoms with Crippen molar-refractivity contribution in [2.75, 3.05) is 5.43 Å². The van der Waals surface area contributed by atoms with Gasteiger partial charge in [0.2, 0.25) is 0 Å². The molecule has 0 aliphatic carbocycles. The lowest BCUT2D eigenvalue weighted by Gasteiger charge is -2.00. The highest BCUT2D eigenvalue weighted by atomic mass is 79.9. The first-order chi connectivity index (χ1) is 4.75. The molecule has 11 heavy (non-hydrogen) atoms. The lowest BCUT2D eigenvalue weighted by atomic mass is 10.6. The molecule has 1 rings (SSSR count). The summed E-state index contributed by atoms with van der Waals surface area (Å²) in [7, 11) is 0. The number of hydrazine groups is 1. The standard InChI is InChI=1S/C4H4BrClN4.ClH/c5-2-3(6)8-1-9-4(2)10-7;/h1H,7H2,(H,8,9,10);1H. The van der Waals surface area contributed by atoms with E-state index in [1.807, 2.05) is 0 Å². The average Bonchev–Trinajstić information content (AvgIpc) is 1.95. The van der Waals surface area contributed by atoms with Gasteiger partial charge >= 0.3 is 0 Å². The average molecular weight is 260 g/mol. The fraction of sp³-hybridized carbons (Fsp3) is 0. The fourth-order valence-corrected chi connectivity index (χ4v) is 0.901. The van der Waals surface area contributed by atoms with Crippen molar-refractivity contribution >= 4 is 45.8 Å². The van der Waals surface area contributed by atoms with Gasteiger partial charge in [-0.05, 0) is 15.9 Å². The van der Waals surface area contributed by atoms with E-state index in [-0.39, 0.29) is 12.4 Å². The van der Waals surface area contributed by atoms with Crippen LogP contribution in [0.4, 0.5) is 5.82 Å². The Balaban J connectivity index is 0.000001000. The summed E-state index contributed by atoms with van der Waals surface area (Å²) >= 11 is 8.74. The molecule has 1 aromatic rings. The first-order valence-electron chi connectivity index (χ1n) is 2.38. The number of rotatable bonds is 1. The predicted molar refractivity (Wildman–Crippen MR) is 49.8 cm³/mol. The molecule has 0 fully saturated rings. The number of anilines is 1. The maximum absolute atomic E-state index is 5.60. The Morgan fingerprint density at radius 1 is 1.55 bits per heavy atom. The Morgan fingerprint density at radius 3 is 2.64 bits per heavy atom. The van der Waals surface area contributed by atoms with Crippen LogP contribution in [-0.2, 0) is 0 Å². The minimum atomic E-state index is 0. The van der Waals surface area contributed by atoms with E-state index < -0.39 is 0 Å². The second-order valence-electron chi connectivity index (χ2n) is 1.47. The molecule has 0 amide bonds. The maximum Gasteiger partial charge on any atom is 0.159 e. The van der Waals surface area contributed by atoms with Crippen molar-refractivity contribution in [2.24, 2.45) is 5.84 Å². The van der Waals surface area contributed by atoms with Gasteiger partial charge in [-0.3, -0.25) is 0 Å². The lowest BCUT2D eigenvalue weighted by molar-refractivity contribution is 1.12. The molecule has 0 spiro atoms. The van der Waals surface area contributed by atoms with Gasteiger partial charge in [0.05, 0.1) is 4.47 Å². The van der Waals surface area contributed by atoms with Crippen molar-refractivity contribution in [2.45, 2.75) is 0 Å². The molecular formula is C4H5BrCl2N4. The number of nitrogens with two attached hydrogens (primary N) is 1. The van der Waals surface area contributed by atoms with Crippen LogP contribution in [0.25, 0.3) is 0 Å². The van der Waals surface area contributed by atoms with Crippen LogP contribution < -0.4 is 11.3 Å². The molecular weight excluding hydrogens is 255 g/mol. The largest absolute Gasteiger partial charge is 0.307 e. The van der Waals surface area contributed by atoms with E-state index >= 15 is 0 Å². The minimum Gasteiger partial charge on any atom is -0.307 e. The SMILES string of the molecule is Cl.NNc1ncnc(Cl)c1Br. The summed E-state index contributed by atoms with van der Waals surface area (Å²) in [5.41, 5.74) is 2.35. The van der Waals surface area contributed by atoms with Crippen LogP contribution >= 0.6 is 39.9 Å². The molecule has 0 aromatic carbocycles. The summed E-state index contributed by atoms with van der Waals surface area (Å²) in [6.45, 7) is 0. The Bertz CT molecular complexity index is 244. The highest BCUT2D eigenvalue weighted by Crippen LogP contribution is 2.24. The first-order valence-corrected chi connectivity index (χ1v) is 3.55. The Labute approximate surface area is 83.1 Å². The minimum absolute atomic E-state index is 0. The van der Waals surface area contributed by atoms with Gasteiger partial charge < -0.3 is 5.43 Å². The third-order valence-electron chi connectivity index (χ3n) is 0.884. The van der Waals surface area contributed by atoms with Crippen LogP contribution in [0.1, 0.15) is 0 Å². The maximum atomic E-state index is 5.60. The molecule has 1 aromatic heterocycles. The highest BCUT2D eigenvalue weighted by Gasteiger charge is 2.03. The molecule has 0 radical (unpaired) electrons. The van der Waals surface area contributed by atoms with Crippen molar-refractivity contribution in [1.82, 2.24) is 9.97 Å². The van der Waals surface area contributed by atoms with Gasteiger partial charge in [0.1, 0.15) is 11.5 Å². The van der Waals surface area contributed by atoms with E-state index in [0.29, 0.717) is 15.4 Å². The molecule has 7 heteroatoms. The predicted octanol–water partition coefficient (Wildman–Crippen LogP) is 1.60. The van der Waals surface area contributed by atoms with Crippen LogP contribution in [0.3, 0.4) is 0 Å². The molecule has 0 bridgehead atoms. The molecule has 0 saturated carbocycles. The number of hydrogen-bond acceptors (Lipinski definition) is 4. The number of nitrogens with zero attached hydrogens (tertiary/aromatic N) is 2. The zero-order valence-corrected chi connectivity index (χ0v) is 8.37. The molecule has 4 nitrogen and oxygen atoms in total. The van der Waals surface area contributed by atoms with Crippen molar-refractivity contribution < 1.29 is 0 Å². The summed E-state index contributed by atoms with van der Waals surface area (Å²) in [5, 5.41) is 0.336. The Morgan fingerprint density at radius 2 is 2.18 bits per heavy atom. The van der Waals surface area contributed by atoms with E-state index in [9.17, 15) is 0 Å². The van der Waals surface area contributed by atoms with E-state index in [4.69, 9.17) is 17.4 Å². The zero-order valence-electron chi connectivity index (χ0n) is 5.21. The molecule has 62 valence electrons. The van der Waals surface area contributed by atoms with Crippen molar-refractivity contribution in [3.8, 4) is 0 Å². The molecule has 0 aliphatic heterocycles. The summed E-state index contributed by atoms with van der Waals surface area (Å²) in [6, 6.07) is 0. The number of nitrogens with one attached hydrogen (secondary N) is 1. The topological polar surface area (TPSA) is 63.8 Å². The van der Waals surface area contributed by atoms with Gasteiger partial charge in [0, 0.05) is 0 Å². The van der Waals surface area contributed by atoms with Crippen molar-refractivity contribution in [3.05, 3.63) is 16.0 Å². The molecule has 1 heterocycles. The molecule has 0 saturated heterocycles. The third-order valence-corrected chi connectivity index (χ3v) is 2.15. The van der Waals surface area contributed by atoms with Crippen LogP contribution in [0.15, 0.2) is 10.8 Å².